The topological polar surface area (TPSA) is 99.1 Å². The molecule has 0 radical (unpaired) electrons. The molecule has 0 bridgehead atoms. The molecule has 0 saturated heterocycles. The van der Waals surface area contributed by atoms with Gasteiger partial charge in [-0.05, 0) is 12.8 Å². The van der Waals surface area contributed by atoms with E-state index in [9.17, 15) is 18.3 Å². The minimum Gasteiger partial charge on any atom is -0.466 e. The number of methoxy groups -OCH3 is 1. The van der Waals surface area contributed by atoms with Crippen LogP contribution in [0.3, 0.4) is 0 Å². The Balaban J connectivity index is 3.18. The van der Waals surface area contributed by atoms with Crippen molar-refractivity contribution in [1.82, 2.24) is 0 Å². The molecule has 0 aromatic rings. The van der Waals surface area contributed by atoms with Gasteiger partial charge in [0, 0.05) is 6.42 Å². The fraction of sp³-hybridized carbons (Fsp3) is 0.786. The Hall–Kier alpha value is -0.670. The van der Waals surface area contributed by atoms with Crippen molar-refractivity contribution in [3.63, 3.8) is 0 Å². The average molecular weight is 371 g/mol. The van der Waals surface area contributed by atoms with Crippen LogP contribution in [-0.4, -0.2) is 57.3 Å². The van der Waals surface area contributed by atoms with Gasteiger partial charge in [0.2, 0.25) is 0 Å². The summed E-state index contributed by atoms with van der Waals surface area (Å²) in [6.07, 6.45) is -1.68. The first-order chi connectivity index (χ1) is 10.6. The maximum Gasteiger partial charge on any atom is 0.335 e. The van der Waals surface area contributed by atoms with Crippen molar-refractivity contribution in [3.05, 3.63) is 10.6 Å². The molecule has 0 amide bonds. The first kappa shape index (κ1) is 20.4. The van der Waals surface area contributed by atoms with Gasteiger partial charge in [0.15, 0.2) is 0 Å². The molecule has 1 aliphatic carbocycles. The number of aliphatic hydroxyl groups is 1. The highest BCUT2D eigenvalue weighted by molar-refractivity contribution is 7.86. The smallest absolute Gasteiger partial charge is 0.335 e. The van der Waals surface area contributed by atoms with Crippen LogP contribution in [0.5, 0.6) is 0 Å². The molecule has 0 unspecified atom stereocenters. The number of carbonyl (C=O) groups excluding carboxylic acids is 1. The molecule has 134 valence electrons. The fourth-order valence-electron chi connectivity index (χ4n) is 2.38. The van der Waals surface area contributed by atoms with Crippen LogP contribution in [0.1, 0.15) is 33.1 Å². The number of ether oxygens (including phenoxy) is 2. The van der Waals surface area contributed by atoms with Crippen molar-refractivity contribution in [2.75, 3.05) is 13.4 Å². The van der Waals surface area contributed by atoms with Gasteiger partial charge in [-0.2, -0.15) is 8.42 Å². The third-order valence-corrected chi connectivity index (χ3v) is 4.65. The molecule has 0 fully saturated rings. The highest BCUT2D eigenvalue weighted by Gasteiger charge is 2.42. The number of rotatable bonds is 7. The van der Waals surface area contributed by atoms with Crippen molar-refractivity contribution in [2.45, 2.75) is 57.5 Å². The second kappa shape index (κ2) is 8.43. The van der Waals surface area contributed by atoms with E-state index in [2.05, 4.69) is 4.74 Å². The highest BCUT2D eigenvalue weighted by atomic mass is 35.5. The van der Waals surface area contributed by atoms with Crippen molar-refractivity contribution in [1.29, 1.82) is 0 Å². The summed E-state index contributed by atoms with van der Waals surface area (Å²) in [5.41, 5.74) is 0.0454. The van der Waals surface area contributed by atoms with Gasteiger partial charge in [-0.1, -0.05) is 25.4 Å². The molecular formula is C14H23ClO7S. The van der Waals surface area contributed by atoms with Crippen LogP contribution in [0.2, 0.25) is 0 Å². The van der Waals surface area contributed by atoms with Crippen LogP contribution in [0.25, 0.3) is 0 Å². The molecule has 1 N–H and O–H groups in total. The monoisotopic (exact) mass is 370 g/mol. The maximum atomic E-state index is 11.9. The van der Waals surface area contributed by atoms with E-state index in [1.807, 2.05) is 13.8 Å². The summed E-state index contributed by atoms with van der Waals surface area (Å²) in [6, 6.07) is 0. The Morgan fingerprint density at radius 1 is 1.39 bits per heavy atom. The lowest BCUT2D eigenvalue weighted by Gasteiger charge is -2.36. The number of aliphatic hydroxyl groups excluding tert-OH is 1. The summed E-state index contributed by atoms with van der Waals surface area (Å²) in [5, 5.41) is 10.4. The van der Waals surface area contributed by atoms with Gasteiger partial charge < -0.3 is 14.6 Å². The first-order valence-corrected chi connectivity index (χ1v) is 9.52. The molecule has 3 atom stereocenters. The SMILES string of the molecule is CCC(CC)O[C@@H]1C(Cl)=C(C(=O)OC)C[C@@H](OS(C)(=O)=O)[C@@H]1O. The van der Waals surface area contributed by atoms with Gasteiger partial charge in [0.25, 0.3) is 10.1 Å². The largest absolute Gasteiger partial charge is 0.466 e. The van der Waals surface area contributed by atoms with Gasteiger partial charge in [0.1, 0.15) is 18.3 Å². The molecule has 0 aliphatic heterocycles. The number of carbonyl (C=O) groups is 1. The zero-order chi connectivity index (χ0) is 17.8. The predicted octanol–water partition coefficient (Wildman–Crippen LogP) is 1.34. The molecule has 0 spiro atoms. The van der Waals surface area contributed by atoms with E-state index in [-0.39, 0.29) is 23.1 Å². The lowest BCUT2D eigenvalue weighted by Crippen LogP contribution is -2.47. The van der Waals surface area contributed by atoms with Crippen LogP contribution >= 0.6 is 11.6 Å². The second-order valence-corrected chi connectivity index (χ2v) is 7.35. The predicted molar refractivity (Wildman–Crippen MR) is 84.5 cm³/mol. The van der Waals surface area contributed by atoms with Gasteiger partial charge in [0.05, 0.1) is 30.1 Å². The molecule has 0 aromatic heterocycles. The lowest BCUT2D eigenvalue weighted by molar-refractivity contribution is -0.138. The Kier molecular flexibility index (Phi) is 7.47. The van der Waals surface area contributed by atoms with Crippen LogP contribution in [-0.2, 0) is 28.6 Å². The highest BCUT2D eigenvalue weighted by Crippen LogP contribution is 2.34. The second-order valence-electron chi connectivity index (χ2n) is 5.35. The molecule has 23 heavy (non-hydrogen) atoms. The molecule has 7 nitrogen and oxygen atoms in total. The number of esters is 1. The summed E-state index contributed by atoms with van der Waals surface area (Å²) in [7, 11) is -2.64. The van der Waals surface area contributed by atoms with E-state index in [4.69, 9.17) is 20.5 Å². The van der Waals surface area contributed by atoms with Crippen molar-refractivity contribution in [2.24, 2.45) is 0 Å². The normalized spacial score (nSPS) is 25.8. The molecule has 0 aromatic carbocycles. The van der Waals surface area contributed by atoms with Gasteiger partial charge in [-0.25, -0.2) is 4.79 Å². The van der Waals surface area contributed by atoms with E-state index in [0.29, 0.717) is 12.8 Å². The van der Waals surface area contributed by atoms with Crippen LogP contribution in [0, 0.1) is 0 Å². The van der Waals surface area contributed by atoms with Gasteiger partial charge in [-0.15, -0.1) is 0 Å². The van der Waals surface area contributed by atoms with E-state index in [0.717, 1.165) is 6.26 Å². The Labute approximate surface area is 141 Å². The summed E-state index contributed by atoms with van der Waals surface area (Å²) in [4.78, 5) is 11.9. The Bertz CT molecular complexity index is 553. The van der Waals surface area contributed by atoms with Crippen molar-refractivity contribution < 1.29 is 32.0 Å². The fourth-order valence-corrected chi connectivity index (χ4v) is 3.35. The number of hydrogen-bond donors (Lipinski definition) is 1. The summed E-state index contributed by atoms with van der Waals surface area (Å²) in [5.74, 6) is -0.706. The zero-order valence-electron chi connectivity index (χ0n) is 13.6. The third kappa shape index (κ3) is 5.42. The summed E-state index contributed by atoms with van der Waals surface area (Å²) in [6.45, 7) is 3.82. The van der Waals surface area contributed by atoms with Crippen LogP contribution < -0.4 is 0 Å². The van der Waals surface area contributed by atoms with E-state index < -0.39 is 34.4 Å². The molecule has 9 heteroatoms. The lowest BCUT2D eigenvalue weighted by atomic mass is 9.91. The molecule has 0 heterocycles. The van der Waals surface area contributed by atoms with Crippen LogP contribution in [0.4, 0.5) is 0 Å². The summed E-state index contributed by atoms with van der Waals surface area (Å²) < 4.78 is 38.1. The van der Waals surface area contributed by atoms with Gasteiger partial charge >= 0.3 is 5.97 Å². The van der Waals surface area contributed by atoms with Crippen molar-refractivity contribution >= 4 is 27.7 Å². The quantitative estimate of drug-likeness (QED) is 0.533. The van der Waals surface area contributed by atoms with Gasteiger partial charge in [-0.3, -0.25) is 4.18 Å². The number of halogens is 1. The number of hydrogen-bond acceptors (Lipinski definition) is 7. The Morgan fingerprint density at radius 2 is 1.96 bits per heavy atom. The molecule has 0 saturated carbocycles. The van der Waals surface area contributed by atoms with E-state index in [1.165, 1.54) is 7.11 Å². The first-order valence-electron chi connectivity index (χ1n) is 7.33. The van der Waals surface area contributed by atoms with E-state index in [1.54, 1.807) is 0 Å². The molecule has 1 aliphatic rings. The average Bonchev–Trinajstić information content (AvgIpc) is 2.48. The zero-order valence-corrected chi connectivity index (χ0v) is 15.2. The standard InChI is InChI=1S/C14H23ClO7S/c1-5-8(6-2)21-13-11(15)9(14(17)20-3)7-10(12(13)16)22-23(4,18)19/h8,10,12-13,16H,5-7H2,1-4H3/t10-,12+,13-/m1/s1. The van der Waals surface area contributed by atoms with Crippen LogP contribution in [0.15, 0.2) is 10.6 Å². The third-order valence-electron chi connectivity index (χ3n) is 3.61. The molecule has 1 rings (SSSR count). The van der Waals surface area contributed by atoms with Crippen molar-refractivity contribution in [3.8, 4) is 0 Å². The van der Waals surface area contributed by atoms with E-state index >= 15 is 0 Å². The Morgan fingerprint density at radius 3 is 2.39 bits per heavy atom. The molecular weight excluding hydrogens is 348 g/mol. The minimum atomic E-state index is -3.83. The maximum absolute atomic E-state index is 11.9. The summed E-state index contributed by atoms with van der Waals surface area (Å²) >= 11 is 6.20. The minimum absolute atomic E-state index is 0.0181.